The lowest BCUT2D eigenvalue weighted by molar-refractivity contribution is -0.114. The molecule has 5 aromatic rings. The zero-order chi connectivity index (χ0) is 27.0. The maximum atomic E-state index is 11.3. The van der Waals surface area contributed by atoms with Crippen molar-refractivity contribution in [1.29, 1.82) is 0 Å². The average Bonchev–Trinajstić information content (AvgIpc) is 3.54. The van der Waals surface area contributed by atoms with Crippen LogP contribution in [0.25, 0.3) is 27.8 Å². The number of amides is 1. The van der Waals surface area contributed by atoms with E-state index < -0.39 is 0 Å². The van der Waals surface area contributed by atoms with Crippen LogP contribution in [0, 0.1) is 13.5 Å². The van der Waals surface area contributed by atoms with Crippen LogP contribution in [0.5, 0.6) is 0 Å². The summed E-state index contributed by atoms with van der Waals surface area (Å²) in [5, 5.41) is 25.5. The summed E-state index contributed by atoms with van der Waals surface area (Å²) in [6.07, 6.45) is 3.18. The van der Waals surface area contributed by atoms with Gasteiger partial charge in [-0.2, -0.15) is 14.9 Å². The Bertz CT molecular complexity index is 1710. The summed E-state index contributed by atoms with van der Waals surface area (Å²) in [5.41, 5.74) is 3.57. The number of nitrogens with one attached hydrogen (secondary N) is 2. The van der Waals surface area contributed by atoms with E-state index >= 15 is 0 Å². The van der Waals surface area contributed by atoms with E-state index in [4.69, 9.17) is 6.57 Å². The summed E-state index contributed by atoms with van der Waals surface area (Å²) in [5.74, 6) is 0.924. The molecular formula is C25H24N12O. The minimum Gasteiger partial charge on any atom is -0.326 e. The Kier molecular flexibility index (Phi) is 6.00. The number of benzene rings is 1. The summed E-state index contributed by atoms with van der Waals surface area (Å²) >= 11 is 0. The third-order valence-corrected chi connectivity index (χ3v) is 5.57. The number of rotatable bonds is 5. The Morgan fingerprint density at radius 3 is 2.42 bits per heavy atom. The fourth-order valence-electron chi connectivity index (χ4n) is 3.82. The highest BCUT2D eigenvalue weighted by atomic mass is 16.1. The van der Waals surface area contributed by atoms with Gasteiger partial charge in [-0.15, -0.1) is 20.0 Å². The molecule has 190 valence electrons. The van der Waals surface area contributed by atoms with Gasteiger partial charge < -0.3 is 10.3 Å². The lowest BCUT2D eigenvalue weighted by Gasteiger charge is -2.15. The van der Waals surface area contributed by atoms with Crippen LogP contribution in [0.15, 0.2) is 53.0 Å². The molecule has 4 heterocycles. The van der Waals surface area contributed by atoms with Gasteiger partial charge in [-0.3, -0.25) is 4.79 Å². The lowest BCUT2D eigenvalue weighted by atomic mass is 9.91. The van der Waals surface area contributed by atoms with Crippen LogP contribution in [-0.2, 0) is 10.2 Å². The minimum absolute atomic E-state index is 0.143. The Morgan fingerprint density at radius 1 is 1.08 bits per heavy atom. The average molecular weight is 509 g/mol. The number of aryl methyl sites for hydroxylation is 1. The zero-order valence-corrected chi connectivity index (χ0v) is 21.4. The van der Waals surface area contributed by atoms with Gasteiger partial charge >= 0.3 is 0 Å². The van der Waals surface area contributed by atoms with Gasteiger partial charge in [0.25, 0.3) is 11.6 Å². The topological polar surface area (TPSA) is 148 Å². The monoisotopic (exact) mass is 508 g/mol. The first-order valence-electron chi connectivity index (χ1n) is 11.7. The highest BCUT2D eigenvalue weighted by molar-refractivity contribution is 5.88. The number of carbonyl (C=O) groups excluding carboxylic acids is 1. The third kappa shape index (κ3) is 4.50. The molecule has 0 atom stereocenters. The largest absolute Gasteiger partial charge is 0.326 e. The minimum atomic E-state index is -0.371. The van der Waals surface area contributed by atoms with Crippen molar-refractivity contribution in [3.8, 4) is 17.3 Å². The summed E-state index contributed by atoms with van der Waals surface area (Å²) in [6.45, 7) is 16.9. The second kappa shape index (κ2) is 9.32. The van der Waals surface area contributed by atoms with E-state index in [0.29, 0.717) is 34.2 Å². The third-order valence-electron chi connectivity index (χ3n) is 5.57. The number of hydrogen-bond acceptors (Lipinski definition) is 8. The molecule has 0 radical (unpaired) electrons. The maximum absolute atomic E-state index is 11.3. The fourth-order valence-corrected chi connectivity index (χ4v) is 3.82. The van der Waals surface area contributed by atoms with E-state index in [2.05, 4.69) is 50.6 Å². The molecule has 0 aliphatic carbocycles. The fraction of sp³-hybridized carbons (Fsp3) is 0.240. The first kappa shape index (κ1) is 24.4. The number of fused-ring (bicyclic) bond motifs is 1. The lowest BCUT2D eigenvalue weighted by Crippen LogP contribution is -2.12. The SMILES string of the molecule is [C-]#[N+]c1c(C)nn(-c2ncccn2)c1/N=N/c1c(C(C)(C)C)nn2nc(-c3ccc(NC(C)=O)cc3)[nH]c12. The Balaban J connectivity index is 1.61. The predicted molar refractivity (Wildman–Crippen MR) is 140 cm³/mol. The van der Waals surface area contributed by atoms with Crippen molar-refractivity contribution in [1.82, 2.24) is 39.6 Å². The number of azo groups is 1. The highest BCUT2D eigenvalue weighted by Crippen LogP contribution is 2.38. The molecule has 0 saturated carbocycles. The number of aromatic nitrogens is 8. The van der Waals surface area contributed by atoms with Crippen LogP contribution in [0.4, 0.5) is 22.9 Å². The molecule has 13 heteroatoms. The van der Waals surface area contributed by atoms with Crippen LogP contribution in [0.2, 0.25) is 0 Å². The number of carbonyl (C=O) groups is 1. The Morgan fingerprint density at radius 2 is 1.79 bits per heavy atom. The van der Waals surface area contributed by atoms with Gasteiger partial charge in [-0.05, 0) is 37.3 Å². The first-order chi connectivity index (χ1) is 18.2. The normalized spacial score (nSPS) is 11.8. The van der Waals surface area contributed by atoms with E-state index in [-0.39, 0.29) is 28.8 Å². The van der Waals surface area contributed by atoms with Gasteiger partial charge in [0.1, 0.15) is 0 Å². The van der Waals surface area contributed by atoms with Crippen molar-refractivity contribution in [2.24, 2.45) is 10.2 Å². The van der Waals surface area contributed by atoms with Gasteiger partial charge in [0, 0.05) is 36.0 Å². The van der Waals surface area contributed by atoms with Crippen molar-refractivity contribution in [3.05, 3.63) is 65.5 Å². The molecular weight excluding hydrogens is 484 g/mol. The predicted octanol–water partition coefficient (Wildman–Crippen LogP) is 5.23. The molecule has 0 saturated heterocycles. The number of hydrogen-bond donors (Lipinski definition) is 2. The van der Waals surface area contributed by atoms with Crippen molar-refractivity contribution in [2.45, 2.75) is 40.0 Å². The molecule has 4 aromatic heterocycles. The molecule has 2 N–H and O–H groups in total. The molecule has 38 heavy (non-hydrogen) atoms. The summed E-state index contributed by atoms with van der Waals surface area (Å²) in [7, 11) is 0. The summed E-state index contributed by atoms with van der Waals surface area (Å²) < 4.78 is 2.89. The van der Waals surface area contributed by atoms with Gasteiger partial charge in [-0.25, -0.2) is 14.8 Å². The van der Waals surface area contributed by atoms with Gasteiger partial charge in [0.05, 0.1) is 18.0 Å². The van der Waals surface area contributed by atoms with E-state index in [9.17, 15) is 4.79 Å². The standard InChI is InChI=1S/C25H24N12O/c1-14-18(26-6)23(36(33-14)24-27-12-7-13-28-24)32-31-19-20(25(3,4)5)34-37-22(19)30-21(35-37)16-8-10-17(11-9-16)29-15(2)38/h7-13H,1-5H3,(H,29,38)(H,30,35)/b32-31+. The Hall–Kier alpha value is -5.25. The highest BCUT2D eigenvalue weighted by Gasteiger charge is 2.27. The van der Waals surface area contributed by atoms with Gasteiger partial charge in [0.2, 0.25) is 5.91 Å². The molecule has 0 aliphatic rings. The number of nitrogens with zero attached hydrogens (tertiary/aromatic N) is 10. The van der Waals surface area contributed by atoms with Crippen LogP contribution in [0.1, 0.15) is 39.1 Å². The molecule has 1 amide bonds. The van der Waals surface area contributed by atoms with E-state index in [1.165, 1.54) is 16.2 Å². The maximum Gasteiger partial charge on any atom is 0.255 e. The number of anilines is 1. The molecule has 1 aromatic carbocycles. The zero-order valence-electron chi connectivity index (χ0n) is 21.4. The molecule has 13 nitrogen and oxygen atoms in total. The first-order valence-corrected chi connectivity index (χ1v) is 11.7. The molecule has 0 bridgehead atoms. The second-order valence-corrected chi connectivity index (χ2v) is 9.55. The van der Waals surface area contributed by atoms with E-state index in [0.717, 1.165) is 5.56 Å². The van der Waals surface area contributed by atoms with Gasteiger partial charge in [-0.1, -0.05) is 20.8 Å². The van der Waals surface area contributed by atoms with E-state index in [1.807, 2.05) is 32.9 Å². The molecule has 0 aliphatic heterocycles. The van der Waals surface area contributed by atoms with Crippen LogP contribution >= 0.6 is 0 Å². The molecule has 0 unspecified atom stereocenters. The smallest absolute Gasteiger partial charge is 0.255 e. The Labute approximate surface area is 217 Å². The quantitative estimate of drug-likeness (QED) is 0.245. The van der Waals surface area contributed by atoms with Crippen molar-refractivity contribution < 1.29 is 4.79 Å². The van der Waals surface area contributed by atoms with Crippen LogP contribution in [-0.4, -0.2) is 45.5 Å². The molecule has 0 fully saturated rings. The van der Waals surface area contributed by atoms with Crippen molar-refractivity contribution in [3.63, 3.8) is 0 Å². The summed E-state index contributed by atoms with van der Waals surface area (Å²) in [6, 6.07) is 8.98. The number of aromatic amines is 1. The van der Waals surface area contributed by atoms with Crippen molar-refractivity contribution >= 4 is 34.4 Å². The van der Waals surface area contributed by atoms with Crippen LogP contribution < -0.4 is 5.32 Å². The number of H-pyrrole nitrogens is 1. The second-order valence-electron chi connectivity index (χ2n) is 9.55. The van der Waals surface area contributed by atoms with Gasteiger partial charge in [0.15, 0.2) is 23.0 Å². The summed E-state index contributed by atoms with van der Waals surface area (Å²) in [4.78, 5) is 26.7. The van der Waals surface area contributed by atoms with Crippen molar-refractivity contribution in [2.75, 3.05) is 5.32 Å². The van der Waals surface area contributed by atoms with Crippen LogP contribution in [0.3, 0.4) is 0 Å². The molecule has 5 rings (SSSR count). The van der Waals surface area contributed by atoms with E-state index in [1.54, 1.807) is 37.5 Å². The molecule has 0 spiro atoms.